The summed E-state index contributed by atoms with van der Waals surface area (Å²) in [7, 11) is 0. The first-order valence-corrected chi connectivity index (χ1v) is 17.0. The zero-order chi connectivity index (χ0) is 33.1. The molecule has 2 aromatic heterocycles. The van der Waals surface area contributed by atoms with Crippen molar-refractivity contribution in [1.82, 2.24) is 4.57 Å². The maximum absolute atomic E-state index is 6.31. The molecule has 3 nitrogen and oxygen atoms in total. The highest BCUT2D eigenvalue weighted by molar-refractivity contribution is 6.17. The normalized spacial score (nSPS) is 12.0. The van der Waals surface area contributed by atoms with E-state index >= 15 is 0 Å². The van der Waals surface area contributed by atoms with Crippen molar-refractivity contribution in [2.75, 3.05) is 4.90 Å². The maximum atomic E-state index is 6.31. The van der Waals surface area contributed by atoms with Crippen LogP contribution in [0.25, 0.3) is 60.6 Å². The maximum Gasteiger partial charge on any atom is 0.135 e. The van der Waals surface area contributed by atoms with Gasteiger partial charge in [-0.1, -0.05) is 124 Å². The highest BCUT2D eigenvalue weighted by atomic mass is 16.3. The van der Waals surface area contributed by atoms with E-state index in [4.69, 9.17) is 4.42 Å². The van der Waals surface area contributed by atoms with Gasteiger partial charge in [0, 0.05) is 32.9 Å². The Balaban J connectivity index is 1.41. The number of aromatic nitrogens is 1. The SMILES string of the molecule is CC(C)(C)c1c(-c2ccccc2)cccc1N(c1ccc2oc3ccccc3c2c1)c1cccc2c1c1ccccc1n2-c1ccccc1. The molecule has 9 aromatic rings. The Bertz CT molecular complexity index is 2640. The minimum absolute atomic E-state index is 0.168. The van der Waals surface area contributed by atoms with Gasteiger partial charge >= 0.3 is 0 Å². The number of hydrogen-bond acceptors (Lipinski definition) is 2. The average Bonchev–Trinajstić information content (AvgIpc) is 3.68. The van der Waals surface area contributed by atoms with Gasteiger partial charge in [0.25, 0.3) is 0 Å². The molecule has 0 aliphatic rings. The van der Waals surface area contributed by atoms with Gasteiger partial charge in [0.2, 0.25) is 0 Å². The molecule has 49 heavy (non-hydrogen) atoms. The van der Waals surface area contributed by atoms with Crippen molar-refractivity contribution in [3.05, 3.63) is 169 Å². The van der Waals surface area contributed by atoms with E-state index in [2.05, 4.69) is 182 Å². The second-order valence-corrected chi connectivity index (χ2v) is 13.8. The fourth-order valence-electron chi connectivity index (χ4n) is 7.68. The van der Waals surface area contributed by atoms with Gasteiger partial charge in [-0.25, -0.2) is 0 Å². The van der Waals surface area contributed by atoms with Crippen molar-refractivity contribution in [2.45, 2.75) is 26.2 Å². The van der Waals surface area contributed by atoms with Crippen molar-refractivity contribution >= 4 is 60.8 Å². The molecule has 0 spiro atoms. The molecular weight excluding hydrogens is 597 g/mol. The van der Waals surface area contributed by atoms with Crippen LogP contribution in [0.2, 0.25) is 0 Å². The van der Waals surface area contributed by atoms with Crippen LogP contribution in [0.1, 0.15) is 26.3 Å². The zero-order valence-electron chi connectivity index (χ0n) is 27.9. The molecular formula is C46H36N2O. The Kier molecular flexibility index (Phi) is 6.70. The smallest absolute Gasteiger partial charge is 0.135 e. The summed E-state index contributed by atoms with van der Waals surface area (Å²) in [6, 6.07) is 58.7. The Labute approximate surface area is 286 Å². The summed E-state index contributed by atoms with van der Waals surface area (Å²) in [4.78, 5) is 2.48. The van der Waals surface area contributed by atoms with Crippen molar-refractivity contribution < 1.29 is 4.42 Å². The quantitative estimate of drug-likeness (QED) is 0.188. The van der Waals surface area contributed by atoms with Gasteiger partial charge < -0.3 is 13.9 Å². The Morgan fingerprint density at radius 1 is 0.510 bits per heavy atom. The monoisotopic (exact) mass is 632 g/mol. The van der Waals surface area contributed by atoms with Crippen LogP contribution in [0.15, 0.2) is 168 Å². The summed E-state index contributed by atoms with van der Waals surface area (Å²) in [6.07, 6.45) is 0. The molecule has 0 aliphatic heterocycles. The molecule has 0 saturated heterocycles. The number of rotatable bonds is 5. The lowest BCUT2D eigenvalue weighted by atomic mass is 9.80. The van der Waals surface area contributed by atoms with Crippen LogP contribution in [-0.4, -0.2) is 4.57 Å². The van der Waals surface area contributed by atoms with Crippen molar-refractivity contribution in [1.29, 1.82) is 0 Å². The Morgan fingerprint density at radius 3 is 1.94 bits per heavy atom. The van der Waals surface area contributed by atoms with Gasteiger partial charge in [0.1, 0.15) is 11.2 Å². The molecule has 0 saturated carbocycles. The van der Waals surface area contributed by atoms with Crippen molar-refractivity contribution in [2.24, 2.45) is 0 Å². The fourth-order valence-corrected chi connectivity index (χ4v) is 7.68. The predicted octanol–water partition coefficient (Wildman–Crippen LogP) is 13.1. The van der Waals surface area contributed by atoms with E-state index in [1.165, 1.54) is 38.5 Å². The highest BCUT2D eigenvalue weighted by Gasteiger charge is 2.29. The molecule has 0 radical (unpaired) electrons. The lowest BCUT2D eigenvalue weighted by Crippen LogP contribution is -2.20. The molecule has 9 rings (SSSR count). The van der Waals surface area contributed by atoms with Crippen LogP contribution in [0.4, 0.5) is 17.1 Å². The Hall–Kier alpha value is -6.06. The predicted molar refractivity (Wildman–Crippen MR) is 207 cm³/mol. The zero-order valence-corrected chi connectivity index (χ0v) is 27.9. The van der Waals surface area contributed by atoms with Crippen LogP contribution in [0.3, 0.4) is 0 Å². The molecule has 236 valence electrons. The van der Waals surface area contributed by atoms with Crippen LogP contribution in [0.5, 0.6) is 0 Å². The largest absolute Gasteiger partial charge is 0.456 e. The topological polar surface area (TPSA) is 21.3 Å². The molecule has 3 heteroatoms. The van der Waals surface area contributed by atoms with E-state index < -0.39 is 0 Å². The van der Waals surface area contributed by atoms with Gasteiger partial charge in [-0.2, -0.15) is 0 Å². The molecule has 0 unspecified atom stereocenters. The van der Waals surface area contributed by atoms with E-state index in [-0.39, 0.29) is 5.41 Å². The van der Waals surface area contributed by atoms with E-state index in [1.807, 2.05) is 12.1 Å². The van der Waals surface area contributed by atoms with Crippen LogP contribution in [0, 0.1) is 0 Å². The summed E-state index contributed by atoms with van der Waals surface area (Å²) in [5.41, 5.74) is 12.2. The molecule has 0 atom stereocenters. The molecule has 0 N–H and O–H groups in total. The van der Waals surface area contributed by atoms with Gasteiger partial charge in [-0.15, -0.1) is 0 Å². The van der Waals surface area contributed by atoms with Crippen LogP contribution >= 0.6 is 0 Å². The second-order valence-electron chi connectivity index (χ2n) is 13.8. The first kappa shape index (κ1) is 29.1. The average molecular weight is 633 g/mol. The van der Waals surface area contributed by atoms with Crippen LogP contribution < -0.4 is 4.90 Å². The third-order valence-corrected chi connectivity index (χ3v) is 9.67. The molecule has 0 amide bonds. The molecule has 0 aliphatic carbocycles. The summed E-state index contributed by atoms with van der Waals surface area (Å²) in [6.45, 7) is 6.97. The van der Waals surface area contributed by atoms with Crippen molar-refractivity contribution in [3.63, 3.8) is 0 Å². The number of benzene rings is 7. The van der Waals surface area contributed by atoms with Crippen LogP contribution in [-0.2, 0) is 5.41 Å². The minimum Gasteiger partial charge on any atom is -0.456 e. The molecule has 2 heterocycles. The molecule has 0 bridgehead atoms. The number of para-hydroxylation sites is 3. The van der Waals surface area contributed by atoms with E-state index in [9.17, 15) is 0 Å². The number of furan rings is 1. The van der Waals surface area contributed by atoms with Gasteiger partial charge in [-0.3, -0.25) is 0 Å². The number of nitrogens with zero attached hydrogens (tertiary/aromatic N) is 2. The lowest BCUT2D eigenvalue weighted by molar-refractivity contribution is 0.593. The summed E-state index contributed by atoms with van der Waals surface area (Å²) >= 11 is 0. The minimum atomic E-state index is -0.168. The number of hydrogen-bond donors (Lipinski definition) is 0. The Morgan fingerprint density at radius 2 is 1.14 bits per heavy atom. The molecule has 0 fully saturated rings. The summed E-state index contributed by atoms with van der Waals surface area (Å²) in [5.74, 6) is 0. The first-order chi connectivity index (χ1) is 24.0. The van der Waals surface area contributed by atoms with Gasteiger partial charge in [-0.05, 0) is 82.8 Å². The summed E-state index contributed by atoms with van der Waals surface area (Å²) in [5, 5.41) is 4.65. The van der Waals surface area contributed by atoms with Crippen molar-refractivity contribution in [3.8, 4) is 16.8 Å². The number of fused-ring (bicyclic) bond motifs is 6. The lowest BCUT2D eigenvalue weighted by Gasteiger charge is -2.34. The highest BCUT2D eigenvalue weighted by Crippen LogP contribution is 2.49. The fraction of sp³-hybridized carbons (Fsp3) is 0.0870. The summed E-state index contributed by atoms with van der Waals surface area (Å²) < 4.78 is 8.70. The second kappa shape index (κ2) is 11.3. The number of anilines is 3. The third-order valence-electron chi connectivity index (χ3n) is 9.67. The van der Waals surface area contributed by atoms with E-state index in [0.717, 1.165) is 44.7 Å². The third kappa shape index (κ3) is 4.73. The van der Waals surface area contributed by atoms with E-state index in [0.29, 0.717) is 0 Å². The van der Waals surface area contributed by atoms with Gasteiger partial charge in [0.15, 0.2) is 0 Å². The van der Waals surface area contributed by atoms with Gasteiger partial charge in [0.05, 0.1) is 22.4 Å². The standard InChI is InChI=1S/C46H36N2O/c1-46(2,3)45-34(31-16-6-4-7-17-31)22-14-26-41(45)48(33-28-29-43-37(30-33)35-20-11-13-27-42(35)49-43)40-25-15-24-39-44(40)36-21-10-12-23-38(36)47(39)32-18-8-5-9-19-32/h4-30H,1-3H3. The van der Waals surface area contributed by atoms with E-state index in [1.54, 1.807) is 0 Å². The molecule has 7 aromatic carbocycles. The first-order valence-electron chi connectivity index (χ1n) is 17.0.